The normalized spacial score (nSPS) is 18.7. The van der Waals surface area contributed by atoms with Crippen molar-refractivity contribution in [1.29, 1.82) is 0 Å². The standard InChI is InChI=1S/C18H19F4N3O/c1-24-15(11-16(23-24)18(20,21)22)14-8-3-2-4-9-25(14)17(26)12-6-5-7-13(19)10-12/h5-7,10-11,14H,2-4,8-9H2,1H3/t14-/m0/s1. The molecule has 0 unspecified atom stereocenters. The number of alkyl halides is 3. The van der Waals surface area contributed by atoms with Crippen LogP contribution in [0.2, 0.25) is 0 Å². The summed E-state index contributed by atoms with van der Waals surface area (Å²) in [5.74, 6) is -0.909. The van der Waals surface area contributed by atoms with E-state index in [0.717, 1.165) is 31.4 Å². The lowest BCUT2D eigenvalue weighted by atomic mass is 10.0. The minimum atomic E-state index is -4.54. The van der Waals surface area contributed by atoms with Gasteiger partial charge in [-0.2, -0.15) is 18.3 Å². The van der Waals surface area contributed by atoms with Crippen LogP contribution < -0.4 is 0 Å². The van der Waals surface area contributed by atoms with Crippen LogP contribution >= 0.6 is 0 Å². The fraction of sp³-hybridized carbons (Fsp3) is 0.444. The fourth-order valence-corrected chi connectivity index (χ4v) is 3.38. The topological polar surface area (TPSA) is 38.1 Å². The third-order valence-electron chi connectivity index (χ3n) is 4.63. The Bertz CT molecular complexity index is 800. The van der Waals surface area contributed by atoms with Gasteiger partial charge < -0.3 is 4.90 Å². The molecule has 1 aliphatic heterocycles. The van der Waals surface area contributed by atoms with Gasteiger partial charge in [0.05, 0.1) is 11.7 Å². The summed E-state index contributed by atoms with van der Waals surface area (Å²) in [4.78, 5) is 14.5. The van der Waals surface area contributed by atoms with Gasteiger partial charge in [0, 0.05) is 19.2 Å². The van der Waals surface area contributed by atoms with E-state index in [4.69, 9.17) is 0 Å². The van der Waals surface area contributed by atoms with Crippen LogP contribution in [0, 0.1) is 5.82 Å². The molecule has 8 heteroatoms. The predicted octanol–water partition coefficient (Wildman–Crippen LogP) is 4.34. The van der Waals surface area contributed by atoms with Crippen molar-refractivity contribution >= 4 is 5.91 Å². The van der Waals surface area contributed by atoms with Crippen LogP contribution in [-0.4, -0.2) is 27.1 Å². The fourth-order valence-electron chi connectivity index (χ4n) is 3.38. The van der Waals surface area contributed by atoms with E-state index in [0.29, 0.717) is 18.7 Å². The lowest BCUT2D eigenvalue weighted by Gasteiger charge is -2.30. The van der Waals surface area contributed by atoms with E-state index in [1.165, 1.54) is 29.9 Å². The molecule has 1 amide bonds. The number of hydrogen-bond acceptors (Lipinski definition) is 2. The number of aromatic nitrogens is 2. The molecule has 4 nitrogen and oxygen atoms in total. The first kappa shape index (κ1) is 18.4. The van der Waals surface area contributed by atoms with Crippen molar-refractivity contribution in [1.82, 2.24) is 14.7 Å². The first-order valence-corrected chi connectivity index (χ1v) is 8.45. The van der Waals surface area contributed by atoms with Gasteiger partial charge in [-0.15, -0.1) is 0 Å². The van der Waals surface area contributed by atoms with Crippen molar-refractivity contribution in [2.75, 3.05) is 6.54 Å². The van der Waals surface area contributed by atoms with Crippen molar-refractivity contribution < 1.29 is 22.4 Å². The molecule has 2 aromatic rings. The van der Waals surface area contributed by atoms with Gasteiger partial charge >= 0.3 is 6.18 Å². The summed E-state index contributed by atoms with van der Waals surface area (Å²) >= 11 is 0. The summed E-state index contributed by atoms with van der Waals surface area (Å²) in [5, 5.41) is 3.56. The van der Waals surface area contributed by atoms with E-state index in [9.17, 15) is 22.4 Å². The molecule has 0 spiro atoms. The highest BCUT2D eigenvalue weighted by Gasteiger charge is 2.37. The molecular weight excluding hydrogens is 350 g/mol. The summed E-state index contributed by atoms with van der Waals surface area (Å²) in [6, 6.07) is 5.82. The molecule has 140 valence electrons. The van der Waals surface area contributed by atoms with Crippen LogP contribution in [0.15, 0.2) is 30.3 Å². The summed E-state index contributed by atoms with van der Waals surface area (Å²) < 4.78 is 53.7. The molecule has 2 heterocycles. The second-order valence-corrected chi connectivity index (χ2v) is 6.45. The summed E-state index contributed by atoms with van der Waals surface area (Å²) in [6.45, 7) is 0.409. The van der Waals surface area contributed by atoms with E-state index >= 15 is 0 Å². The van der Waals surface area contributed by atoms with Gasteiger partial charge in [0.2, 0.25) is 0 Å². The summed E-state index contributed by atoms with van der Waals surface area (Å²) in [6.07, 6.45) is -1.57. The first-order chi connectivity index (χ1) is 12.3. The molecule has 0 bridgehead atoms. The third kappa shape index (κ3) is 3.73. The average molecular weight is 369 g/mol. The molecule has 1 aromatic carbocycles. The van der Waals surface area contributed by atoms with Crippen LogP contribution in [0.5, 0.6) is 0 Å². The number of halogens is 4. The Labute approximate surface area is 148 Å². The molecule has 1 aromatic heterocycles. The summed E-state index contributed by atoms with van der Waals surface area (Å²) in [7, 11) is 1.44. The molecule has 0 saturated carbocycles. The Hall–Kier alpha value is -2.38. The lowest BCUT2D eigenvalue weighted by Crippen LogP contribution is -2.35. The van der Waals surface area contributed by atoms with Crippen LogP contribution in [0.1, 0.15) is 53.5 Å². The Morgan fingerprint density at radius 1 is 1.19 bits per heavy atom. The molecule has 1 atom stereocenters. The maximum Gasteiger partial charge on any atom is 0.435 e. The smallest absolute Gasteiger partial charge is 0.330 e. The van der Waals surface area contributed by atoms with Crippen molar-refractivity contribution in [3.05, 3.63) is 53.1 Å². The molecule has 26 heavy (non-hydrogen) atoms. The van der Waals surface area contributed by atoms with Gasteiger partial charge in [0.1, 0.15) is 5.82 Å². The number of benzene rings is 1. The largest absolute Gasteiger partial charge is 0.435 e. The van der Waals surface area contributed by atoms with Crippen molar-refractivity contribution in [2.24, 2.45) is 7.05 Å². The number of likely N-dealkylation sites (tertiary alicyclic amines) is 1. The highest BCUT2D eigenvalue weighted by Crippen LogP contribution is 2.35. The molecule has 1 fully saturated rings. The number of nitrogens with zero attached hydrogens (tertiary/aromatic N) is 3. The van der Waals surface area contributed by atoms with E-state index in [2.05, 4.69) is 5.10 Å². The third-order valence-corrected chi connectivity index (χ3v) is 4.63. The molecular formula is C18H19F4N3O. The van der Waals surface area contributed by atoms with E-state index in [1.54, 1.807) is 4.90 Å². The van der Waals surface area contributed by atoms with E-state index < -0.39 is 23.7 Å². The highest BCUT2D eigenvalue weighted by atomic mass is 19.4. The maximum atomic E-state index is 13.5. The average Bonchev–Trinajstić information content (AvgIpc) is 2.82. The number of carbonyl (C=O) groups is 1. The predicted molar refractivity (Wildman–Crippen MR) is 86.9 cm³/mol. The molecule has 0 aliphatic carbocycles. The van der Waals surface area contributed by atoms with Crippen LogP contribution in [0.3, 0.4) is 0 Å². The van der Waals surface area contributed by atoms with Gasteiger partial charge in [-0.25, -0.2) is 4.39 Å². The Balaban J connectivity index is 1.97. The van der Waals surface area contributed by atoms with Gasteiger partial charge in [0.15, 0.2) is 5.69 Å². The van der Waals surface area contributed by atoms with Gasteiger partial charge in [-0.1, -0.05) is 18.9 Å². The van der Waals surface area contributed by atoms with Crippen molar-refractivity contribution in [3.63, 3.8) is 0 Å². The van der Waals surface area contributed by atoms with Crippen molar-refractivity contribution in [3.8, 4) is 0 Å². The number of aryl methyl sites for hydroxylation is 1. The first-order valence-electron chi connectivity index (χ1n) is 8.45. The minimum absolute atomic E-state index is 0.190. The molecule has 1 saturated heterocycles. The molecule has 1 aliphatic rings. The van der Waals surface area contributed by atoms with Crippen LogP contribution in [0.4, 0.5) is 17.6 Å². The Morgan fingerprint density at radius 3 is 2.62 bits per heavy atom. The van der Waals surface area contributed by atoms with Gasteiger partial charge in [0.25, 0.3) is 5.91 Å². The second-order valence-electron chi connectivity index (χ2n) is 6.45. The molecule has 0 N–H and O–H groups in total. The Kier molecular flexibility index (Phi) is 5.02. The SMILES string of the molecule is Cn1nc(C(F)(F)F)cc1[C@@H]1CCCCCN1C(=O)c1cccc(F)c1. The second kappa shape index (κ2) is 7.09. The minimum Gasteiger partial charge on any atom is -0.330 e. The van der Waals surface area contributed by atoms with Gasteiger partial charge in [-0.05, 0) is 37.1 Å². The number of carbonyl (C=O) groups excluding carboxylic acids is 1. The van der Waals surface area contributed by atoms with E-state index in [1.807, 2.05) is 0 Å². The van der Waals surface area contributed by atoms with Crippen molar-refractivity contribution in [2.45, 2.75) is 37.9 Å². The van der Waals surface area contributed by atoms with Gasteiger partial charge in [-0.3, -0.25) is 9.48 Å². The monoisotopic (exact) mass is 369 g/mol. The van der Waals surface area contributed by atoms with Crippen LogP contribution in [0.25, 0.3) is 0 Å². The zero-order valence-electron chi connectivity index (χ0n) is 14.3. The number of rotatable bonds is 2. The highest BCUT2D eigenvalue weighted by molar-refractivity contribution is 5.94. The van der Waals surface area contributed by atoms with E-state index in [-0.39, 0.29) is 11.5 Å². The zero-order valence-corrected chi connectivity index (χ0v) is 14.3. The quantitative estimate of drug-likeness (QED) is 0.739. The summed E-state index contributed by atoms with van der Waals surface area (Å²) in [5.41, 5.74) is -0.448. The van der Waals surface area contributed by atoms with Crippen LogP contribution in [-0.2, 0) is 13.2 Å². The molecule has 0 radical (unpaired) electrons. The Morgan fingerprint density at radius 2 is 1.96 bits per heavy atom. The number of amides is 1. The lowest BCUT2D eigenvalue weighted by molar-refractivity contribution is -0.141. The molecule has 3 rings (SSSR count). The zero-order chi connectivity index (χ0) is 18.9. The maximum absolute atomic E-state index is 13.5. The number of hydrogen-bond donors (Lipinski definition) is 0.